The summed E-state index contributed by atoms with van der Waals surface area (Å²) >= 11 is 0. The molecule has 0 heterocycles. The second-order valence-electron chi connectivity index (χ2n) is 7.10. The Bertz CT molecular complexity index is 899. The number of hydrogen-bond acceptors (Lipinski definition) is 6. The van der Waals surface area contributed by atoms with Crippen LogP contribution in [0.3, 0.4) is 0 Å². The topological polar surface area (TPSA) is 114 Å². The number of hydrazone groups is 1. The van der Waals surface area contributed by atoms with Crippen LogP contribution < -0.4 is 10.2 Å². The largest absolute Gasteiger partial charge is 0.500 e. The maximum Gasteiger partial charge on any atom is 0.315 e. The zero-order valence-electron chi connectivity index (χ0n) is 16.2. The van der Waals surface area contributed by atoms with E-state index in [2.05, 4.69) is 31.3 Å². The maximum atomic E-state index is 12.2. The van der Waals surface area contributed by atoms with Gasteiger partial charge in [0.15, 0.2) is 5.75 Å². The first-order valence-electron chi connectivity index (χ1n) is 8.71. The highest BCUT2D eigenvalue weighted by molar-refractivity contribution is 5.95. The number of amides is 1. The third kappa shape index (κ3) is 5.06. The van der Waals surface area contributed by atoms with Crippen molar-refractivity contribution in [3.8, 4) is 11.5 Å². The molecule has 0 aromatic heterocycles. The minimum atomic E-state index is -0.718. The number of nitro groups is 1. The second kappa shape index (κ2) is 8.51. The molecule has 0 atom stereocenters. The van der Waals surface area contributed by atoms with Crippen molar-refractivity contribution in [2.45, 2.75) is 33.1 Å². The third-order valence-electron chi connectivity index (χ3n) is 3.97. The lowest BCUT2D eigenvalue weighted by atomic mass is 9.87. The number of carbonyl (C=O) groups excluding carboxylic acids is 1. The first-order chi connectivity index (χ1) is 13.1. The van der Waals surface area contributed by atoms with Gasteiger partial charge in [-0.2, -0.15) is 5.10 Å². The molecule has 0 bridgehead atoms. The second-order valence-corrected chi connectivity index (χ2v) is 7.10. The molecule has 0 saturated carbocycles. The number of nitrogens with one attached hydrogen (secondary N) is 1. The Balaban J connectivity index is 2.15. The minimum absolute atomic E-state index is 0.0149. The summed E-state index contributed by atoms with van der Waals surface area (Å²) in [5, 5.41) is 24.8. The summed E-state index contributed by atoms with van der Waals surface area (Å²) in [6.07, 6.45) is 1.25. The summed E-state index contributed by atoms with van der Waals surface area (Å²) in [6.45, 7) is 8.17. The lowest BCUT2D eigenvalue weighted by Crippen LogP contribution is -2.18. The van der Waals surface area contributed by atoms with Gasteiger partial charge in [-0.25, -0.2) is 5.43 Å². The molecule has 0 aliphatic heterocycles. The van der Waals surface area contributed by atoms with Gasteiger partial charge in [0, 0.05) is 17.2 Å². The molecular formula is C20H23N3O5. The lowest BCUT2D eigenvalue weighted by molar-refractivity contribution is -0.386. The summed E-state index contributed by atoms with van der Waals surface area (Å²) in [6, 6.07) is 9.74. The fourth-order valence-electron chi connectivity index (χ4n) is 2.44. The van der Waals surface area contributed by atoms with E-state index in [4.69, 9.17) is 4.74 Å². The van der Waals surface area contributed by atoms with Gasteiger partial charge in [0.2, 0.25) is 5.75 Å². The molecule has 0 radical (unpaired) electrons. The number of phenols is 1. The van der Waals surface area contributed by atoms with Crippen LogP contribution in [0.4, 0.5) is 5.69 Å². The zero-order valence-corrected chi connectivity index (χ0v) is 16.2. The molecule has 28 heavy (non-hydrogen) atoms. The molecule has 0 aliphatic rings. The fourth-order valence-corrected chi connectivity index (χ4v) is 2.44. The molecule has 8 heteroatoms. The van der Waals surface area contributed by atoms with Gasteiger partial charge in [-0.15, -0.1) is 0 Å². The highest BCUT2D eigenvalue weighted by Crippen LogP contribution is 2.36. The van der Waals surface area contributed by atoms with Crippen molar-refractivity contribution in [3.63, 3.8) is 0 Å². The van der Waals surface area contributed by atoms with Crippen molar-refractivity contribution in [2.75, 3.05) is 6.61 Å². The number of rotatable bonds is 6. The fraction of sp³-hybridized carbons (Fsp3) is 0.300. The molecule has 2 aromatic carbocycles. The summed E-state index contributed by atoms with van der Waals surface area (Å²) < 4.78 is 5.20. The highest BCUT2D eigenvalue weighted by atomic mass is 16.6. The average molecular weight is 385 g/mol. The number of ether oxygens (including phenoxy) is 1. The van der Waals surface area contributed by atoms with E-state index in [1.165, 1.54) is 12.3 Å². The van der Waals surface area contributed by atoms with Gasteiger partial charge in [0.05, 0.1) is 17.7 Å². The van der Waals surface area contributed by atoms with Crippen LogP contribution in [0.5, 0.6) is 11.5 Å². The Hall–Kier alpha value is -3.42. The smallest absolute Gasteiger partial charge is 0.315 e. The van der Waals surface area contributed by atoms with Crippen molar-refractivity contribution in [1.82, 2.24) is 5.43 Å². The van der Waals surface area contributed by atoms with E-state index in [1.807, 2.05) is 12.1 Å². The Kier molecular flexibility index (Phi) is 6.35. The zero-order chi connectivity index (χ0) is 20.9. The number of phenolic OH excluding ortho intramolecular Hbond substituents is 1. The predicted octanol–water partition coefficient (Wildman–Crippen LogP) is 3.76. The Labute approximate surface area is 163 Å². The SMILES string of the molecule is CCOc1cc(/C=N\NC(=O)c2ccc(C(C)(C)C)cc2)cc([N+](=O)[O-])c1O. The molecule has 0 aliphatic carbocycles. The van der Waals surface area contributed by atoms with E-state index in [1.54, 1.807) is 19.1 Å². The number of carbonyl (C=O) groups is 1. The van der Waals surface area contributed by atoms with Crippen molar-refractivity contribution in [3.05, 3.63) is 63.2 Å². The van der Waals surface area contributed by atoms with Crippen LogP contribution in [0, 0.1) is 10.1 Å². The molecule has 0 saturated heterocycles. The van der Waals surface area contributed by atoms with Gasteiger partial charge in [0.1, 0.15) is 0 Å². The van der Waals surface area contributed by atoms with Crippen LogP contribution >= 0.6 is 0 Å². The quantitative estimate of drug-likeness (QED) is 0.446. The van der Waals surface area contributed by atoms with Crippen LogP contribution in [0.15, 0.2) is 41.5 Å². The van der Waals surface area contributed by atoms with Gasteiger partial charge in [-0.1, -0.05) is 32.9 Å². The van der Waals surface area contributed by atoms with Gasteiger partial charge < -0.3 is 9.84 Å². The number of benzene rings is 2. The standard InChI is InChI=1S/C20H23N3O5/c1-5-28-17-11-13(10-16(18(17)24)23(26)27)12-21-22-19(25)14-6-8-15(9-7-14)20(2,3)4/h6-12,24H,5H2,1-4H3,(H,22,25)/b21-12-. The Morgan fingerprint density at radius 2 is 1.93 bits per heavy atom. The van der Waals surface area contributed by atoms with Crippen LogP contribution in [0.25, 0.3) is 0 Å². The summed E-state index contributed by atoms with van der Waals surface area (Å²) in [7, 11) is 0. The predicted molar refractivity (Wildman–Crippen MR) is 106 cm³/mol. The van der Waals surface area contributed by atoms with Gasteiger partial charge in [-0.05, 0) is 36.1 Å². The van der Waals surface area contributed by atoms with Crippen LogP contribution in [0.1, 0.15) is 49.2 Å². The first kappa shape index (κ1) is 20.9. The van der Waals surface area contributed by atoms with Gasteiger partial charge >= 0.3 is 5.69 Å². The van der Waals surface area contributed by atoms with Crippen molar-refractivity contribution >= 4 is 17.8 Å². The third-order valence-corrected chi connectivity index (χ3v) is 3.97. The normalized spacial score (nSPS) is 11.4. The number of nitro benzene ring substituents is 1. The molecular weight excluding hydrogens is 362 g/mol. The van der Waals surface area contributed by atoms with Crippen molar-refractivity contribution < 1.29 is 19.6 Å². The van der Waals surface area contributed by atoms with E-state index < -0.39 is 22.3 Å². The lowest BCUT2D eigenvalue weighted by Gasteiger charge is -2.18. The molecule has 8 nitrogen and oxygen atoms in total. The van der Waals surface area contributed by atoms with Crippen LogP contribution in [-0.2, 0) is 5.41 Å². The molecule has 2 N–H and O–H groups in total. The van der Waals surface area contributed by atoms with Crippen molar-refractivity contribution in [1.29, 1.82) is 0 Å². The van der Waals surface area contributed by atoms with E-state index in [0.29, 0.717) is 11.1 Å². The van der Waals surface area contributed by atoms with E-state index >= 15 is 0 Å². The summed E-state index contributed by atoms with van der Waals surface area (Å²) in [4.78, 5) is 22.6. The Morgan fingerprint density at radius 3 is 2.46 bits per heavy atom. The number of aromatic hydroxyl groups is 1. The molecule has 2 aromatic rings. The summed E-state index contributed by atoms with van der Waals surface area (Å²) in [5.41, 5.74) is 3.71. The minimum Gasteiger partial charge on any atom is -0.500 e. The van der Waals surface area contributed by atoms with Crippen LogP contribution in [0.2, 0.25) is 0 Å². The first-order valence-corrected chi connectivity index (χ1v) is 8.71. The summed E-state index contributed by atoms with van der Waals surface area (Å²) in [5.74, 6) is -0.982. The highest BCUT2D eigenvalue weighted by Gasteiger charge is 2.19. The number of nitrogens with zero attached hydrogens (tertiary/aromatic N) is 2. The van der Waals surface area contributed by atoms with E-state index in [-0.39, 0.29) is 17.8 Å². The Morgan fingerprint density at radius 1 is 1.29 bits per heavy atom. The molecule has 148 valence electrons. The molecule has 2 rings (SSSR count). The molecule has 0 spiro atoms. The van der Waals surface area contributed by atoms with E-state index in [9.17, 15) is 20.0 Å². The average Bonchev–Trinajstić information content (AvgIpc) is 2.63. The molecule has 0 fully saturated rings. The molecule has 0 unspecified atom stereocenters. The monoisotopic (exact) mass is 385 g/mol. The molecule has 1 amide bonds. The van der Waals surface area contributed by atoms with Crippen LogP contribution in [-0.4, -0.2) is 28.8 Å². The van der Waals surface area contributed by atoms with E-state index in [0.717, 1.165) is 11.6 Å². The van der Waals surface area contributed by atoms with Crippen molar-refractivity contribution in [2.24, 2.45) is 5.10 Å². The number of hydrogen-bond donors (Lipinski definition) is 2. The van der Waals surface area contributed by atoms with Gasteiger partial charge in [0.25, 0.3) is 5.91 Å². The van der Waals surface area contributed by atoms with Gasteiger partial charge in [-0.3, -0.25) is 14.9 Å². The maximum absolute atomic E-state index is 12.2.